The van der Waals surface area contributed by atoms with E-state index in [2.05, 4.69) is 43.5 Å². The topological polar surface area (TPSA) is 105 Å². The summed E-state index contributed by atoms with van der Waals surface area (Å²) in [5.74, 6) is 0.455. The lowest BCUT2D eigenvalue weighted by molar-refractivity contribution is -0.132. The van der Waals surface area contributed by atoms with Crippen LogP contribution in [-0.4, -0.2) is 74.0 Å². The number of nitrogens with one attached hydrogen (secondary N) is 1. The van der Waals surface area contributed by atoms with Gasteiger partial charge in [0, 0.05) is 39.0 Å². The Hall–Kier alpha value is -1.70. The monoisotopic (exact) mass is 479 g/mol. The summed E-state index contributed by atoms with van der Waals surface area (Å²) in [5.41, 5.74) is 11.3. The lowest BCUT2D eigenvalue weighted by Gasteiger charge is -2.23. The number of hydrogen-bond donors (Lipinski definition) is 3. The summed E-state index contributed by atoms with van der Waals surface area (Å²) in [6.45, 7) is 10.3. The highest BCUT2D eigenvalue weighted by molar-refractivity contribution is 5.76. The van der Waals surface area contributed by atoms with Crippen LogP contribution in [-0.2, 0) is 9.59 Å². The smallest absolute Gasteiger partial charge is 0.222 e. The zero-order valence-electron chi connectivity index (χ0n) is 22.1. The second-order valence-electron chi connectivity index (χ2n) is 8.69. The van der Waals surface area contributed by atoms with Crippen LogP contribution < -0.4 is 16.8 Å². The summed E-state index contributed by atoms with van der Waals surface area (Å²) in [7, 11) is 0. The average molecular weight is 480 g/mol. The summed E-state index contributed by atoms with van der Waals surface area (Å²) < 4.78 is 0. The van der Waals surface area contributed by atoms with E-state index in [0.717, 1.165) is 97.1 Å². The molecule has 0 aromatic rings. The van der Waals surface area contributed by atoms with Crippen molar-refractivity contribution >= 4 is 11.8 Å². The molecule has 198 valence electrons. The zero-order valence-corrected chi connectivity index (χ0v) is 22.1. The summed E-state index contributed by atoms with van der Waals surface area (Å²) in [6.07, 6.45) is 17.9. The molecule has 0 aromatic heterocycles. The fraction of sp³-hybridized carbons (Fsp3) is 0.778. The Balaban J connectivity index is 4.13. The maximum atomic E-state index is 12.5. The van der Waals surface area contributed by atoms with E-state index >= 15 is 0 Å². The van der Waals surface area contributed by atoms with Gasteiger partial charge in [-0.2, -0.15) is 0 Å². The third kappa shape index (κ3) is 18.7. The van der Waals surface area contributed by atoms with Crippen molar-refractivity contribution in [3.63, 3.8) is 0 Å². The number of nitrogens with zero attached hydrogens (tertiary/aromatic N) is 2. The van der Waals surface area contributed by atoms with Crippen molar-refractivity contribution in [1.29, 1.82) is 0 Å². The highest BCUT2D eigenvalue weighted by atomic mass is 16.2. The fourth-order valence-corrected chi connectivity index (χ4v) is 3.66. The van der Waals surface area contributed by atoms with E-state index in [4.69, 9.17) is 11.5 Å². The molecule has 0 aromatic carbocycles. The molecule has 34 heavy (non-hydrogen) atoms. The van der Waals surface area contributed by atoms with Gasteiger partial charge < -0.3 is 26.6 Å². The summed E-state index contributed by atoms with van der Waals surface area (Å²) in [6, 6.07) is 0. The number of carbonyl (C=O) groups excluding carboxylic acids is 2. The molecule has 0 aliphatic heterocycles. The van der Waals surface area contributed by atoms with Crippen molar-refractivity contribution in [1.82, 2.24) is 15.1 Å². The molecule has 0 aliphatic carbocycles. The molecule has 0 fully saturated rings. The van der Waals surface area contributed by atoms with Crippen LogP contribution in [0.5, 0.6) is 0 Å². The Morgan fingerprint density at radius 2 is 1.09 bits per heavy atom. The Labute approximate surface area is 209 Å². The molecule has 0 bridgehead atoms. The minimum absolute atomic E-state index is 0.224. The molecule has 5 N–H and O–H groups in total. The molecule has 0 atom stereocenters. The number of rotatable bonds is 23. The molecule has 0 saturated heterocycles. The quantitative estimate of drug-likeness (QED) is 0.153. The van der Waals surface area contributed by atoms with Crippen molar-refractivity contribution < 1.29 is 9.59 Å². The van der Waals surface area contributed by atoms with Gasteiger partial charge in [0.05, 0.1) is 0 Å². The summed E-state index contributed by atoms with van der Waals surface area (Å²) in [4.78, 5) is 28.9. The molecule has 7 heteroatoms. The van der Waals surface area contributed by atoms with E-state index in [1.807, 2.05) is 9.80 Å². The van der Waals surface area contributed by atoms with Gasteiger partial charge in [-0.3, -0.25) is 9.59 Å². The van der Waals surface area contributed by atoms with Gasteiger partial charge in [-0.15, -0.1) is 0 Å². The highest BCUT2D eigenvalue weighted by Gasteiger charge is 2.13. The summed E-state index contributed by atoms with van der Waals surface area (Å²) in [5, 5.41) is 3.48. The molecule has 0 aliphatic rings. The predicted octanol–water partition coefficient (Wildman–Crippen LogP) is 3.59. The van der Waals surface area contributed by atoms with Gasteiger partial charge >= 0.3 is 0 Å². The second-order valence-corrected chi connectivity index (χ2v) is 8.69. The van der Waals surface area contributed by atoms with Gasteiger partial charge in [-0.1, -0.05) is 38.2 Å². The number of allylic oxidation sites excluding steroid dienone is 4. The number of hydrogen-bond acceptors (Lipinski definition) is 5. The first-order valence-corrected chi connectivity index (χ1v) is 13.6. The Kier molecular flexibility index (Phi) is 23.2. The normalized spacial score (nSPS) is 11.5. The van der Waals surface area contributed by atoms with Crippen LogP contribution in [0.2, 0.25) is 0 Å². The molecular weight excluding hydrogens is 426 g/mol. The van der Waals surface area contributed by atoms with E-state index in [0.29, 0.717) is 25.9 Å². The zero-order chi connectivity index (χ0) is 25.3. The largest absolute Gasteiger partial charge is 0.343 e. The number of carbonyl (C=O) groups is 2. The first-order valence-electron chi connectivity index (χ1n) is 13.6. The lowest BCUT2D eigenvalue weighted by Crippen LogP contribution is -2.35. The van der Waals surface area contributed by atoms with E-state index in [1.165, 1.54) is 0 Å². The summed E-state index contributed by atoms with van der Waals surface area (Å²) >= 11 is 0. The second kappa shape index (κ2) is 24.4. The molecule has 0 rings (SSSR count). The van der Waals surface area contributed by atoms with Crippen LogP contribution in [0.25, 0.3) is 0 Å². The van der Waals surface area contributed by atoms with Gasteiger partial charge in [0.25, 0.3) is 0 Å². The van der Waals surface area contributed by atoms with E-state index in [1.54, 1.807) is 0 Å². The van der Waals surface area contributed by atoms with E-state index < -0.39 is 0 Å². The maximum absolute atomic E-state index is 12.5. The first kappa shape index (κ1) is 32.3. The van der Waals surface area contributed by atoms with E-state index in [9.17, 15) is 9.59 Å². The minimum atomic E-state index is 0.224. The highest BCUT2D eigenvalue weighted by Crippen LogP contribution is 2.05. The fourth-order valence-electron chi connectivity index (χ4n) is 3.66. The lowest BCUT2D eigenvalue weighted by atomic mass is 10.2. The van der Waals surface area contributed by atoms with Gasteiger partial charge in [0.1, 0.15) is 0 Å². The van der Waals surface area contributed by atoms with Crippen molar-refractivity contribution in [3.05, 3.63) is 24.3 Å². The number of nitrogens with two attached hydrogens (primary N) is 2. The van der Waals surface area contributed by atoms with Crippen LogP contribution >= 0.6 is 0 Å². The molecule has 2 amide bonds. The number of unbranched alkanes of at least 4 members (excludes halogenated alkanes) is 1. The molecule has 0 spiro atoms. The van der Waals surface area contributed by atoms with Crippen LogP contribution in [0.1, 0.15) is 84.5 Å². The molecular formula is C27H53N5O2. The minimum Gasteiger partial charge on any atom is -0.343 e. The van der Waals surface area contributed by atoms with Crippen LogP contribution in [0.4, 0.5) is 0 Å². The third-order valence-corrected chi connectivity index (χ3v) is 5.64. The van der Waals surface area contributed by atoms with Gasteiger partial charge in [0.15, 0.2) is 0 Å². The predicted molar refractivity (Wildman–Crippen MR) is 145 cm³/mol. The van der Waals surface area contributed by atoms with Gasteiger partial charge in [-0.05, 0) is 84.0 Å². The maximum Gasteiger partial charge on any atom is 0.222 e. The standard InChI is InChI=1S/C27H53N5O2/c1-3-5-7-9-16-26(33)31(23-13-18-28)22-12-11-20-30-21-15-25-32(24-14-19-29)27(34)17-10-8-6-4-2/h5-8,30H,3-4,9-25,28-29H2,1-2H3. The molecule has 0 heterocycles. The van der Waals surface area contributed by atoms with Crippen molar-refractivity contribution in [2.45, 2.75) is 84.5 Å². The number of amides is 2. The Bertz CT molecular complexity index is 503. The van der Waals surface area contributed by atoms with Crippen molar-refractivity contribution in [3.8, 4) is 0 Å². The average Bonchev–Trinajstić information content (AvgIpc) is 2.84. The van der Waals surface area contributed by atoms with Crippen molar-refractivity contribution in [2.75, 3.05) is 52.4 Å². The van der Waals surface area contributed by atoms with Crippen LogP contribution in [0.3, 0.4) is 0 Å². The van der Waals surface area contributed by atoms with Gasteiger partial charge in [-0.25, -0.2) is 0 Å². The van der Waals surface area contributed by atoms with Gasteiger partial charge in [0.2, 0.25) is 11.8 Å². The van der Waals surface area contributed by atoms with Crippen LogP contribution in [0, 0.1) is 0 Å². The molecule has 7 nitrogen and oxygen atoms in total. The Morgan fingerprint density at radius 3 is 1.56 bits per heavy atom. The molecule has 0 unspecified atom stereocenters. The van der Waals surface area contributed by atoms with Crippen molar-refractivity contribution in [2.24, 2.45) is 11.5 Å². The molecule has 0 radical (unpaired) electrons. The molecule has 0 saturated carbocycles. The first-order chi connectivity index (χ1) is 16.6. The SMILES string of the molecule is CCC=CCCC(=O)N(CCCN)CCCCNCCCN(CCCN)C(=O)CCC=CCC. The Morgan fingerprint density at radius 1 is 0.647 bits per heavy atom. The van der Waals surface area contributed by atoms with E-state index in [-0.39, 0.29) is 11.8 Å². The third-order valence-electron chi connectivity index (χ3n) is 5.64. The van der Waals surface area contributed by atoms with Crippen LogP contribution in [0.15, 0.2) is 24.3 Å².